The Morgan fingerprint density at radius 1 is 1.27 bits per heavy atom. The van der Waals surface area contributed by atoms with E-state index in [1.807, 2.05) is 20.8 Å². The average molecular weight is 363 g/mol. The van der Waals surface area contributed by atoms with Gasteiger partial charge in [-0.2, -0.15) is 0 Å². The van der Waals surface area contributed by atoms with Crippen molar-refractivity contribution < 1.29 is 18.3 Å². The zero-order chi connectivity index (χ0) is 18.9. The average Bonchev–Trinajstić information content (AvgIpc) is 3.02. The predicted molar refractivity (Wildman–Crippen MR) is 92.7 cm³/mol. The Labute approximate surface area is 150 Å². The summed E-state index contributed by atoms with van der Waals surface area (Å²) >= 11 is 0. The molecule has 7 nitrogen and oxygen atoms in total. The van der Waals surface area contributed by atoms with E-state index in [1.165, 1.54) is 6.07 Å². The number of piperidine rings is 1. The van der Waals surface area contributed by atoms with Crippen LogP contribution in [0.25, 0.3) is 11.5 Å². The summed E-state index contributed by atoms with van der Waals surface area (Å²) in [6.07, 6.45) is 2.30. The minimum atomic E-state index is -0.782. The lowest BCUT2D eigenvalue weighted by molar-refractivity contribution is 0.141. The minimum Gasteiger partial charge on any atom is -0.407 e. The number of amides is 1. The molecule has 2 heterocycles. The Kier molecular flexibility index (Phi) is 4.84. The number of nitrogens with zero attached hydrogens (tertiary/aromatic N) is 2. The van der Waals surface area contributed by atoms with E-state index >= 15 is 4.39 Å². The highest BCUT2D eigenvalue weighted by atomic mass is 19.1. The van der Waals surface area contributed by atoms with Gasteiger partial charge in [-0.25, -0.2) is 19.1 Å². The molecule has 26 heavy (non-hydrogen) atoms. The predicted octanol–water partition coefficient (Wildman–Crippen LogP) is 3.45. The van der Waals surface area contributed by atoms with E-state index in [0.29, 0.717) is 18.7 Å². The molecule has 1 N–H and O–H groups in total. The fourth-order valence-electron chi connectivity index (χ4n) is 3.04. The maximum atomic E-state index is 15.2. The number of aromatic amines is 1. The van der Waals surface area contributed by atoms with Crippen LogP contribution >= 0.6 is 0 Å². The number of hydrogen-bond donors (Lipinski definition) is 1. The third kappa shape index (κ3) is 3.63. The first-order chi connectivity index (χ1) is 12.3. The second-order valence-corrected chi connectivity index (χ2v) is 7.38. The lowest BCUT2D eigenvalue weighted by atomic mass is 9.83. The van der Waals surface area contributed by atoms with E-state index in [2.05, 4.69) is 10.2 Å². The van der Waals surface area contributed by atoms with Gasteiger partial charge in [0.05, 0.1) is 5.56 Å². The van der Waals surface area contributed by atoms with E-state index in [9.17, 15) is 9.59 Å². The molecule has 1 saturated heterocycles. The normalized spacial score (nSPS) is 15.2. The summed E-state index contributed by atoms with van der Waals surface area (Å²) in [5, 5.41) is 5.87. The summed E-state index contributed by atoms with van der Waals surface area (Å²) in [5.74, 6) is -1.95. The molecular formula is C18H22FN3O4. The molecule has 0 aliphatic carbocycles. The molecule has 1 aliphatic rings. The van der Waals surface area contributed by atoms with Crippen LogP contribution in [0.2, 0.25) is 0 Å². The van der Waals surface area contributed by atoms with Gasteiger partial charge < -0.3 is 14.1 Å². The van der Waals surface area contributed by atoms with Crippen LogP contribution < -0.4 is 10.5 Å². The second kappa shape index (κ2) is 6.93. The van der Waals surface area contributed by atoms with E-state index in [-0.39, 0.29) is 17.2 Å². The molecule has 1 amide bonds. The van der Waals surface area contributed by atoms with Crippen molar-refractivity contribution in [2.45, 2.75) is 45.4 Å². The molecule has 1 aromatic carbocycles. The number of hydrogen-bond acceptors (Lipinski definition) is 5. The molecule has 1 aromatic heterocycles. The Bertz CT molecular complexity index is 860. The second-order valence-electron chi connectivity index (χ2n) is 7.38. The molecule has 1 fully saturated rings. The lowest BCUT2D eigenvalue weighted by Gasteiger charge is -2.26. The standard InChI is InChI=1S/C18H22FN3O4/c1-18(2,3)11-7-8-12(25-17(24)22-9-5-4-6-10-22)14(19)13(11)15-20-21-16(23)26-15/h7-8H,4-6,9-10H2,1-3H3,(H,21,23). The molecule has 1 aliphatic heterocycles. The molecule has 140 valence electrons. The molecular weight excluding hydrogens is 341 g/mol. The van der Waals surface area contributed by atoms with Gasteiger partial charge in [0.25, 0.3) is 5.89 Å². The Morgan fingerprint density at radius 3 is 2.54 bits per heavy atom. The number of halogens is 1. The van der Waals surface area contributed by atoms with Crippen molar-refractivity contribution in [2.75, 3.05) is 13.1 Å². The largest absolute Gasteiger partial charge is 0.434 e. The lowest BCUT2D eigenvalue weighted by Crippen LogP contribution is -2.37. The van der Waals surface area contributed by atoms with Gasteiger partial charge in [-0.15, -0.1) is 5.10 Å². The molecule has 0 spiro atoms. The van der Waals surface area contributed by atoms with Crippen molar-refractivity contribution in [2.24, 2.45) is 0 Å². The number of carbonyl (C=O) groups excluding carboxylic acids is 1. The van der Waals surface area contributed by atoms with Crippen molar-refractivity contribution in [3.05, 3.63) is 34.1 Å². The van der Waals surface area contributed by atoms with Crippen LogP contribution in [-0.2, 0) is 5.41 Å². The van der Waals surface area contributed by atoms with E-state index in [0.717, 1.165) is 19.3 Å². The van der Waals surface area contributed by atoms with Gasteiger partial charge in [0.2, 0.25) is 0 Å². The topological polar surface area (TPSA) is 88.4 Å². The van der Waals surface area contributed by atoms with Crippen molar-refractivity contribution >= 4 is 6.09 Å². The van der Waals surface area contributed by atoms with Crippen molar-refractivity contribution in [3.8, 4) is 17.2 Å². The number of carbonyl (C=O) groups is 1. The molecule has 3 rings (SSSR count). The van der Waals surface area contributed by atoms with Crippen LogP contribution in [0.5, 0.6) is 5.75 Å². The first-order valence-corrected chi connectivity index (χ1v) is 8.63. The van der Waals surface area contributed by atoms with Crippen molar-refractivity contribution in [3.63, 3.8) is 0 Å². The minimum absolute atomic E-state index is 0.0137. The number of rotatable bonds is 2. The van der Waals surface area contributed by atoms with Gasteiger partial charge in [0, 0.05) is 13.1 Å². The molecule has 0 unspecified atom stereocenters. The van der Waals surface area contributed by atoms with Gasteiger partial charge in [0.1, 0.15) is 0 Å². The van der Waals surface area contributed by atoms with Crippen molar-refractivity contribution in [1.29, 1.82) is 0 Å². The van der Waals surface area contributed by atoms with Gasteiger partial charge in [-0.1, -0.05) is 26.8 Å². The molecule has 0 bridgehead atoms. The van der Waals surface area contributed by atoms with Gasteiger partial charge in [-0.05, 0) is 36.3 Å². The van der Waals surface area contributed by atoms with Gasteiger partial charge in [0.15, 0.2) is 11.6 Å². The highest BCUT2D eigenvalue weighted by molar-refractivity contribution is 5.73. The summed E-state index contributed by atoms with van der Waals surface area (Å²) in [6, 6.07) is 3.08. The fraction of sp³-hybridized carbons (Fsp3) is 0.500. The number of ether oxygens (including phenoxy) is 1. The molecule has 0 saturated carbocycles. The van der Waals surface area contributed by atoms with E-state index < -0.39 is 23.1 Å². The highest BCUT2D eigenvalue weighted by Crippen LogP contribution is 2.37. The summed E-state index contributed by atoms with van der Waals surface area (Å²) in [5.41, 5.74) is 0.158. The van der Waals surface area contributed by atoms with E-state index in [4.69, 9.17) is 9.15 Å². The number of nitrogens with one attached hydrogen (secondary N) is 1. The van der Waals surface area contributed by atoms with Crippen LogP contribution in [0.3, 0.4) is 0 Å². The third-order valence-corrected chi connectivity index (χ3v) is 4.38. The summed E-state index contributed by atoms with van der Waals surface area (Å²) in [6.45, 7) is 6.89. The zero-order valence-electron chi connectivity index (χ0n) is 15.1. The Balaban J connectivity index is 2.00. The molecule has 0 radical (unpaired) electrons. The van der Waals surface area contributed by atoms with Crippen LogP contribution in [-0.4, -0.2) is 34.3 Å². The first-order valence-electron chi connectivity index (χ1n) is 8.63. The maximum Gasteiger partial charge on any atom is 0.434 e. The number of aromatic nitrogens is 2. The number of H-pyrrole nitrogens is 1. The maximum absolute atomic E-state index is 15.2. The van der Waals surface area contributed by atoms with Gasteiger partial charge >= 0.3 is 11.8 Å². The van der Waals surface area contributed by atoms with Crippen LogP contribution in [0.1, 0.15) is 45.6 Å². The quantitative estimate of drug-likeness (QED) is 0.883. The SMILES string of the molecule is CC(C)(C)c1ccc(OC(=O)N2CCCCC2)c(F)c1-c1n[nH]c(=O)o1. The highest BCUT2D eigenvalue weighted by Gasteiger charge is 2.28. The van der Waals surface area contributed by atoms with Crippen LogP contribution in [0, 0.1) is 5.82 Å². The fourth-order valence-corrected chi connectivity index (χ4v) is 3.04. The molecule has 0 atom stereocenters. The number of likely N-dealkylation sites (tertiary alicyclic amines) is 1. The Morgan fingerprint density at radius 2 is 1.96 bits per heavy atom. The van der Waals surface area contributed by atoms with Crippen LogP contribution in [0.15, 0.2) is 21.3 Å². The molecule has 8 heteroatoms. The van der Waals surface area contributed by atoms with Crippen molar-refractivity contribution in [1.82, 2.24) is 15.1 Å². The summed E-state index contributed by atoms with van der Waals surface area (Å²) < 4.78 is 25.4. The summed E-state index contributed by atoms with van der Waals surface area (Å²) in [7, 11) is 0. The van der Waals surface area contributed by atoms with Crippen LogP contribution in [0.4, 0.5) is 9.18 Å². The monoisotopic (exact) mass is 363 g/mol. The number of benzene rings is 1. The van der Waals surface area contributed by atoms with E-state index in [1.54, 1.807) is 11.0 Å². The molecule has 2 aromatic rings. The summed E-state index contributed by atoms with van der Waals surface area (Å²) in [4.78, 5) is 25.2. The first kappa shape index (κ1) is 18.2. The van der Waals surface area contributed by atoms with Gasteiger partial charge in [-0.3, -0.25) is 0 Å². The zero-order valence-corrected chi connectivity index (χ0v) is 15.1. The Hall–Kier alpha value is -2.64. The smallest absolute Gasteiger partial charge is 0.407 e. The third-order valence-electron chi connectivity index (χ3n) is 4.38.